The molecular formula is C17H22N4O3. The minimum atomic E-state index is -0.147. The van der Waals surface area contributed by atoms with Crippen LogP contribution in [0, 0.1) is 12.8 Å². The quantitative estimate of drug-likeness (QED) is 0.898. The van der Waals surface area contributed by atoms with E-state index in [0.717, 1.165) is 23.2 Å². The highest BCUT2D eigenvalue weighted by Gasteiger charge is 2.26. The summed E-state index contributed by atoms with van der Waals surface area (Å²) < 4.78 is 5.26. The molecule has 3 rings (SSSR count). The number of rotatable bonds is 4. The van der Waals surface area contributed by atoms with E-state index in [1.807, 2.05) is 32.0 Å². The van der Waals surface area contributed by atoms with Gasteiger partial charge in [-0.1, -0.05) is 18.1 Å². The van der Waals surface area contributed by atoms with Crippen LogP contribution in [0.3, 0.4) is 0 Å². The van der Waals surface area contributed by atoms with Gasteiger partial charge in [-0.2, -0.15) is 4.98 Å². The van der Waals surface area contributed by atoms with E-state index in [9.17, 15) is 9.90 Å². The number of benzene rings is 1. The van der Waals surface area contributed by atoms with Crippen LogP contribution >= 0.6 is 0 Å². The molecule has 0 bridgehead atoms. The summed E-state index contributed by atoms with van der Waals surface area (Å²) in [5.41, 5.74) is 2.46. The van der Waals surface area contributed by atoms with Gasteiger partial charge in [-0.25, -0.2) is 4.79 Å². The Labute approximate surface area is 140 Å². The van der Waals surface area contributed by atoms with E-state index in [-0.39, 0.29) is 18.6 Å². The maximum atomic E-state index is 12.4. The molecule has 1 aromatic carbocycles. The number of aliphatic hydroxyl groups is 1. The minimum Gasteiger partial charge on any atom is -0.396 e. The fourth-order valence-electron chi connectivity index (χ4n) is 2.76. The van der Waals surface area contributed by atoms with Crippen LogP contribution < -0.4 is 5.32 Å². The number of likely N-dealkylation sites (tertiary alicyclic amines) is 1. The van der Waals surface area contributed by atoms with E-state index in [2.05, 4.69) is 15.5 Å². The van der Waals surface area contributed by atoms with Crippen molar-refractivity contribution < 1.29 is 14.4 Å². The molecule has 7 nitrogen and oxygen atoms in total. The number of amides is 2. The zero-order chi connectivity index (χ0) is 17.1. The summed E-state index contributed by atoms with van der Waals surface area (Å²) in [7, 11) is 0. The van der Waals surface area contributed by atoms with Gasteiger partial charge in [0.25, 0.3) is 5.89 Å². The molecule has 2 N–H and O–H groups in total. The summed E-state index contributed by atoms with van der Waals surface area (Å²) in [5.74, 6) is 1.28. The molecule has 24 heavy (non-hydrogen) atoms. The SMILES string of the molecule is CCc1noc(-c2ccc(C)c(NC(=O)N3CCC(CO)C3)c2)n1. The topological polar surface area (TPSA) is 91.5 Å². The monoisotopic (exact) mass is 330 g/mol. The van der Waals surface area contributed by atoms with Crippen molar-refractivity contribution >= 4 is 11.7 Å². The Morgan fingerprint density at radius 1 is 1.50 bits per heavy atom. The number of hydrogen-bond acceptors (Lipinski definition) is 5. The molecule has 1 saturated heterocycles. The molecule has 0 spiro atoms. The van der Waals surface area contributed by atoms with Crippen LogP contribution in [0.25, 0.3) is 11.5 Å². The third kappa shape index (κ3) is 3.41. The Hall–Kier alpha value is -2.41. The molecule has 1 unspecified atom stereocenters. The van der Waals surface area contributed by atoms with Gasteiger partial charge in [-0.3, -0.25) is 0 Å². The smallest absolute Gasteiger partial charge is 0.321 e. The molecule has 0 aliphatic carbocycles. The van der Waals surface area contributed by atoms with E-state index in [1.165, 1.54) is 0 Å². The predicted octanol–water partition coefficient (Wildman–Crippen LogP) is 2.45. The number of urea groups is 1. The standard InChI is InChI=1S/C17H22N4O3/c1-3-15-19-16(24-20-15)13-5-4-11(2)14(8-13)18-17(23)21-7-6-12(9-21)10-22/h4-5,8,12,22H,3,6-7,9-10H2,1-2H3,(H,18,23). The summed E-state index contributed by atoms with van der Waals surface area (Å²) in [6, 6.07) is 5.52. The molecule has 128 valence electrons. The van der Waals surface area contributed by atoms with Crippen LogP contribution in [0.1, 0.15) is 24.7 Å². The second-order valence-electron chi connectivity index (χ2n) is 6.11. The highest BCUT2D eigenvalue weighted by atomic mass is 16.5. The minimum absolute atomic E-state index is 0.120. The van der Waals surface area contributed by atoms with Crippen LogP contribution in [-0.2, 0) is 6.42 Å². The van der Waals surface area contributed by atoms with E-state index >= 15 is 0 Å². The van der Waals surface area contributed by atoms with Crippen molar-refractivity contribution in [3.05, 3.63) is 29.6 Å². The van der Waals surface area contributed by atoms with Crippen molar-refractivity contribution in [2.75, 3.05) is 25.0 Å². The Morgan fingerprint density at radius 3 is 3.00 bits per heavy atom. The number of nitrogens with zero attached hydrogens (tertiary/aromatic N) is 3. The summed E-state index contributed by atoms with van der Waals surface area (Å²) in [6.45, 7) is 5.27. The van der Waals surface area contributed by atoms with Crippen molar-refractivity contribution in [2.45, 2.75) is 26.7 Å². The molecular weight excluding hydrogens is 308 g/mol. The lowest BCUT2D eigenvalue weighted by molar-refractivity contribution is 0.208. The van der Waals surface area contributed by atoms with Crippen LogP contribution in [0.5, 0.6) is 0 Å². The van der Waals surface area contributed by atoms with Crippen molar-refractivity contribution in [2.24, 2.45) is 5.92 Å². The maximum absolute atomic E-state index is 12.4. The molecule has 1 aromatic heterocycles. The van der Waals surface area contributed by atoms with Gasteiger partial charge in [-0.15, -0.1) is 0 Å². The number of aliphatic hydroxyl groups excluding tert-OH is 1. The van der Waals surface area contributed by atoms with E-state index < -0.39 is 0 Å². The maximum Gasteiger partial charge on any atom is 0.321 e. The molecule has 1 aliphatic heterocycles. The van der Waals surface area contributed by atoms with Gasteiger partial charge in [0.2, 0.25) is 0 Å². The third-order valence-corrected chi connectivity index (χ3v) is 4.34. The Balaban J connectivity index is 1.75. The molecule has 2 heterocycles. The summed E-state index contributed by atoms with van der Waals surface area (Å²) in [4.78, 5) is 18.5. The number of aromatic nitrogens is 2. The van der Waals surface area contributed by atoms with Crippen LogP contribution in [0.4, 0.5) is 10.5 Å². The lowest BCUT2D eigenvalue weighted by atomic mass is 10.1. The first kappa shape index (κ1) is 16.4. The van der Waals surface area contributed by atoms with Crippen molar-refractivity contribution in [1.29, 1.82) is 0 Å². The number of carbonyl (C=O) groups is 1. The Morgan fingerprint density at radius 2 is 2.33 bits per heavy atom. The van der Waals surface area contributed by atoms with Gasteiger partial charge in [-0.05, 0) is 31.0 Å². The normalized spacial score (nSPS) is 17.3. The van der Waals surface area contributed by atoms with Crippen LogP contribution in [0.15, 0.2) is 22.7 Å². The summed E-state index contributed by atoms with van der Waals surface area (Å²) in [6.07, 6.45) is 1.55. The van der Waals surface area contributed by atoms with E-state index in [0.29, 0.717) is 31.2 Å². The molecule has 0 radical (unpaired) electrons. The van der Waals surface area contributed by atoms with Gasteiger partial charge in [0.1, 0.15) is 0 Å². The molecule has 1 aliphatic rings. The van der Waals surface area contributed by atoms with E-state index in [1.54, 1.807) is 4.90 Å². The number of nitrogens with one attached hydrogen (secondary N) is 1. The van der Waals surface area contributed by atoms with E-state index in [4.69, 9.17) is 4.52 Å². The van der Waals surface area contributed by atoms with Crippen LogP contribution in [-0.4, -0.2) is 45.9 Å². The zero-order valence-electron chi connectivity index (χ0n) is 14.0. The first-order valence-corrected chi connectivity index (χ1v) is 8.21. The fraction of sp³-hybridized carbons (Fsp3) is 0.471. The first-order chi connectivity index (χ1) is 11.6. The summed E-state index contributed by atoms with van der Waals surface area (Å²) in [5, 5.41) is 16.0. The number of carbonyl (C=O) groups excluding carboxylic acids is 1. The first-order valence-electron chi connectivity index (χ1n) is 8.21. The predicted molar refractivity (Wildman–Crippen MR) is 89.6 cm³/mol. The van der Waals surface area contributed by atoms with Crippen molar-refractivity contribution in [3.63, 3.8) is 0 Å². The number of hydrogen-bond donors (Lipinski definition) is 2. The molecule has 2 amide bonds. The Kier molecular flexibility index (Phi) is 4.80. The van der Waals surface area contributed by atoms with Crippen molar-refractivity contribution in [3.8, 4) is 11.5 Å². The lowest BCUT2D eigenvalue weighted by Crippen LogP contribution is -2.33. The number of anilines is 1. The average Bonchev–Trinajstić information content (AvgIpc) is 3.25. The number of aryl methyl sites for hydroxylation is 2. The third-order valence-electron chi connectivity index (χ3n) is 4.34. The molecule has 1 fully saturated rings. The lowest BCUT2D eigenvalue weighted by Gasteiger charge is -2.18. The average molecular weight is 330 g/mol. The highest BCUT2D eigenvalue weighted by Crippen LogP contribution is 2.25. The van der Waals surface area contributed by atoms with Gasteiger partial charge < -0.3 is 19.8 Å². The van der Waals surface area contributed by atoms with Crippen molar-refractivity contribution in [1.82, 2.24) is 15.0 Å². The molecule has 7 heteroatoms. The second-order valence-corrected chi connectivity index (χ2v) is 6.11. The zero-order valence-corrected chi connectivity index (χ0v) is 14.0. The largest absolute Gasteiger partial charge is 0.396 e. The van der Waals surface area contributed by atoms with Gasteiger partial charge in [0.15, 0.2) is 5.82 Å². The second kappa shape index (κ2) is 7.00. The van der Waals surface area contributed by atoms with Gasteiger partial charge in [0, 0.05) is 43.3 Å². The molecule has 0 saturated carbocycles. The Bertz CT molecular complexity index is 728. The van der Waals surface area contributed by atoms with Gasteiger partial charge >= 0.3 is 6.03 Å². The highest BCUT2D eigenvalue weighted by molar-refractivity contribution is 5.91. The summed E-state index contributed by atoms with van der Waals surface area (Å²) >= 11 is 0. The van der Waals surface area contributed by atoms with Gasteiger partial charge in [0.05, 0.1) is 0 Å². The van der Waals surface area contributed by atoms with Crippen LogP contribution in [0.2, 0.25) is 0 Å². The fourth-order valence-corrected chi connectivity index (χ4v) is 2.76. The molecule has 1 atom stereocenters. The molecule has 2 aromatic rings.